The number of methoxy groups -OCH3 is 1. The van der Waals surface area contributed by atoms with Gasteiger partial charge in [-0.2, -0.15) is 0 Å². The van der Waals surface area contributed by atoms with E-state index in [0.717, 1.165) is 29.9 Å². The van der Waals surface area contributed by atoms with Crippen LogP contribution in [-0.4, -0.2) is 13.7 Å². The lowest BCUT2D eigenvalue weighted by Gasteiger charge is -2.09. The average Bonchev–Trinajstić information content (AvgIpc) is 2.42. The highest BCUT2D eigenvalue weighted by Crippen LogP contribution is 2.20. The second-order valence-corrected chi connectivity index (χ2v) is 4.46. The van der Waals surface area contributed by atoms with Crippen LogP contribution in [0.1, 0.15) is 43.7 Å². The predicted octanol–water partition coefficient (Wildman–Crippen LogP) is 3.25. The molecule has 3 nitrogen and oxygen atoms in total. The number of benzene rings is 1. The zero-order chi connectivity index (χ0) is 13.2. The molecule has 0 bridgehead atoms. The summed E-state index contributed by atoms with van der Waals surface area (Å²) in [5.74, 6) is 0.851. The number of ether oxygens (including phenoxy) is 2. The third kappa shape index (κ3) is 5.07. The molecule has 0 aliphatic carbocycles. The molecule has 3 heteroatoms. The van der Waals surface area contributed by atoms with Gasteiger partial charge in [0.25, 0.3) is 0 Å². The predicted molar refractivity (Wildman–Crippen MR) is 74.7 cm³/mol. The summed E-state index contributed by atoms with van der Waals surface area (Å²) in [6.45, 7) is 4.20. The van der Waals surface area contributed by atoms with Crippen LogP contribution in [0.15, 0.2) is 18.2 Å². The van der Waals surface area contributed by atoms with Crippen LogP contribution in [0.3, 0.4) is 0 Å². The summed E-state index contributed by atoms with van der Waals surface area (Å²) < 4.78 is 11.0. The molecule has 0 aromatic heterocycles. The summed E-state index contributed by atoms with van der Waals surface area (Å²) >= 11 is 0. The van der Waals surface area contributed by atoms with Crippen molar-refractivity contribution in [1.29, 1.82) is 0 Å². The summed E-state index contributed by atoms with van der Waals surface area (Å²) in [5, 5.41) is 0. The SMILES string of the molecule is CCCCCCOCc1ccc(CN)c(OC)c1. The minimum absolute atomic E-state index is 0.501. The Balaban J connectivity index is 2.34. The van der Waals surface area contributed by atoms with Gasteiger partial charge in [-0.3, -0.25) is 0 Å². The molecule has 18 heavy (non-hydrogen) atoms. The summed E-state index contributed by atoms with van der Waals surface area (Å²) in [7, 11) is 1.67. The standard InChI is InChI=1S/C15H25NO2/c1-3-4-5-6-9-18-12-13-7-8-14(11-16)15(10-13)17-2/h7-8,10H,3-6,9,11-12,16H2,1-2H3. The number of nitrogens with two attached hydrogens (primary N) is 1. The van der Waals surface area contributed by atoms with Crippen LogP contribution in [0.2, 0.25) is 0 Å². The molecular formula is C15H25NO2. The Morgan fingerprint density at radius 1 is 1.17 bits per heavy atom. The highest BCUT2D eigenvalue weighted by Gasteiger charge is 2.02. The second kappa shape index (κ2) is 8.95. The van der Waals surface area contributed by atoms with Crippen LogP contribution >= 0.6 is 0 Å². The molecule has 0 unspecified atom stereocenters. The summed E-state index contributed by atoms with van der Waals surface area (Å²) in [6.07, 6.45) is 4.96. The molecule has 0 radical (unpaired) electrons. The molecule has 0 amide bonds. The highest BCUT2D eigenvalue weighted by molar-refractivity contribution is 5.37. The van der Waals surface area contributed by atoms with Crippen LogP contribution < -0.4 is 10.5 Å². The lowest BCUT2D eigenvalue weighted by atomic mass is 10.1. The van der Waals surface area contributed by atoms with Gasteiger partial charge in [0, 0.05) is 18.7 Å². The maximum atomic E-state index is 5.65. The van der Waals surface area contributed by atoms with E-state index >= 15 is 0 Å². The van der Waals surface area contributed by atoms with Crippen molar-refractivity contribution in [2.45, 2.75) is 45.8 Å². The van der Waals surface area contributed by atoms with Crippen molar-refractivity contribution in [1.82, 2.24) is 0 Å². The first-order valence-corrected chi connectivity index (χ1v) is 6.75. The van der Waals surface area contributed by atoms with E-state index in [0.29, 0.717) is 13.2 Å². The van der Waals surface area contributed by atoms with Crippen LogP contribution in [0.25, 0.3) is 0 Å². The van der Waals surface area contributed by atoms with Gasteiger partial charge in [-0.15, -0.1) is 0 Å². The second-order valence-electron chi connectivity index (χ2n) is 4.46. The van der Waals surface area contributed by atoms with Crippen LogP contribution in [0, 0.1) is 0 Å². The minimum atomic E-state index is 0.501. The molecular weight excluding hydrogens is 226 g/mol. The molecule has 0 atom stereocenters. The van der Waals surface area contributed by atoms with E-state index in [4.69, 9.17) is 15.2 Å². The van der Waals surface area contributed by atoms with Gasteiger partial charge >= 0.3 is 0 Å². The van der Waals surface area contributed by atoms with Crippen molar-refractivity contribution in [3.8, 4) is 5.75 Å². The Labute approximate surface area is 110 Å². The van der Waals surface area contributed by atoms with Gasteiger partial charge in [0.2, 0.25) is 0 Å². The quantitative estimate of drug-likeness (QED) is 0.685. The Kier molecular flexibility index (Phi) is 7.46. The summed E-state index contributed by atoms with van der Waals surface area (Å²) in [4.78, 5) is 0. The average molecular weight is 251 g/mol. The molecule has 0 aliphatic heterocycles. The topological polar surface area (TPSA) is 44.5 Å². The Morgan fingerprint density at radius 3 is 2.67 bits per heavy atom. The number of rotatable bonds is 9. The number of hydrogen-bond acceptors (Lipinski definition) is 3. The normalized spacial score (nSPS) is 10.6. The molecule has 0 spiro atoms. The Morgan fingerprint density at radius 2 is 2.00 bits per heavy atom. The van der Waals surface area contributed by atoms with E-state index in [1.165, 1.54) is 19.3 Å². The first kappa shape index (κ1) is 15.0. The zero-order valence-corrected chi connectivity index (χ0v) is 11.6. The maximum Gasteiger partial charge on any atom is 0.123 e. The molecule has 0 saturated heterocycles. The first-order chi connectivity index (χ1) is 8.81. The minimum Gasteiger partial charge on any atom is -0.496 e. The molecule has 0 fully saturated rings. The van der Waals surface area contributed by atoms with Crippen molar-refractivity contribution in [3.63, 3.8) is 0 Å². The van der Waals surface area contributed by atoms with E-state index < -0.39 is 0 Å². The van der Waals surface area contributed by atoms with Gasteiger partial charge in [-0.05, 0) is 18.1 Å². The van der Waals surface area contributed by atoms with Gasteiger partial charge in [-0.1, -0.05) is 38.3 Å². The Hall–Kier alpha value is -1.06. The van der Waals surface area contributed by atoms with Crippen molar-refractivity contribution in [2.75, 3.05) is 13.7 Å². The van der Waals surface area contributed by atoms with Crippen molar-refractivity contribution in [3.05, 3.63) is 29.3 Å². The maximum absolute atomic E-state index is 5.65. The molecule has 1 aromatic carbocycles. The number of hydrogen-bond donors (Lipinski definition) is 1. The van der Waals surface area contributed by atoms with E-state index in [-0.39, 0.29) is 0 Å². The first-order valence-electron chi connectivity index (χ1n) is 6.75. The lowest BCUT2D eigenvalue weighted by molar-refractivity contribution is 0.116. The molecule has 2 N–H and O–H groups in total. The van der Waals surface area contributed by atoms with E-state index in [9.17, 15) is 0 Å². The van der Waals surface area contributed by atoms with Gasteiger partial charge in [-0.25, -0.2) is 0 Å². The zero-order valence-electron chi connectivity index (χ0n) is 11.6. The van der Waals surface area contributed by atoms with Gasteiger partial charge in [0.05, 0.1) is 13.7 Å². The number of unbranched alkanes of at least 4 members (excludes halogenated alkanes) is 3. The van der Waals surface area contributed by atoms with Crippen molar-refractivity contribution < 1.29 is 9.47 Å². The van der Waals surface area contributed by atoms with Crippen LogP contribution in [0.5, 0.6) is 5.75 Å². The smallest absolute Gasteiger partial charge is 0.123 e. The molecule has 0 aliphatic rings. The lowest BCUT2D eigenvalue weighted by Crippen LogP contribution is -2.01. The van der Waals surface area contributed by atoms with Crippen LogP contribution in [0.4, 0.5) is 0 Å². The largest absolute Gasteiger partial charge is 0.496 e. The van der Waals surface area contributed by atoms with Crippen molar-refractivity contribution in [2.24, 2.45) is 5.73 Å². The fourth-order valence-corrected chi connectivity index (χ4v) is 1.87. The van der Waals surface area contributed by atoms with Crippen molar-refractivity contribution >= 4 is 0 Å². The fourth-order valence-electron chi connectivity index (χ4n) is 1.87. The monoisotopic (exact) mass is 251 g/mol. The van der Waals surface area contributed by atoms with Gasteiger partial charge in [0.1, 0.15) is 5.75 Å². The van der Waals surface area contributed by atoms with E-state index in [2.05, 4.69) is 13.0 Å². The highest BCUT2D eigenvalue weighted by atomic mass is 16.5. The molecule has 1 aromatic rings. The van der Waals surface area contributed by atoms with Gasteiger partial charge in [0.15, 0.2) is 0 Å². The molecule has 0 saturated carbocycles. The molecule has 1 rings (SSSR count). The molecule has 0 heterocycles. The fraction of sp³-hybridized carbons (Fsp3) is 0.600. The summed E-state index contributed by atoms with van der Waals surface area (Å²) in [6, 6.07) is 6.07. The molecule has 102 valence electrons. The van der Waals surface area contributed by atoms with Gasteiger partial charge < -0.3 is 15.2 Å². The van der Waals surface area contributed by atoms with E-state index in [1.54, 1.807) is 7.11 Å². The third-order valence-corrected chi connectivity index (χ3v) is 2.98. The third-order valence-electron chi connectivity index (χ3n) is 2.98. The summed E-state index contributed by atoms with van der Waals surface area (Å²) in [5.41, 5.74) is 7.80. The Bertz CT molecular complexity index is 339. The van der Waals surface area contributed by atoms with Crippen LogP contribution in [-0.2, 0) is 17.9 Å². The van der Waals surface area contributed by atoms with E-state index in [1.807, 2.05) is 12.1 Å².